The van der Waals surface area contributed by atoms with Crippen LogP contribution < -0.4 is 0 Å². The molecular formula is C13H18BrNO2S. The number of halogens is 1. The molecule has 1 fully saturated rings. The number of pyridine rings is 1. The van der Waals surface area contributed by atoms with Crippen molar-refractivity contribution in [2.75, 3.05) is 0 Å². The summed E-state index contributed by atoms with van der Waals surface area (Å²) in [5.74, 6) is 0.124. The summed E-state index contributed by atoms with van der Waals surface area (Å²) < 4.78 is 25.4. The molecule has 1 saturated carbocycles. The molecule has 0 saturated heterocycles. The molecule has 100 valence electrons. The first-order valence-electron chi connectivity index (χ1n) is 6.31. The number of hydrogen-bond acceptors (Lipinski definition) is 3. The first-order chi connectivity index (χ1) is 8.49. The number of aryl methyl sites for hydroxylation is 1. The zero-order valence-electron chi connectivity index (χ0n) is 10.5. The van der Waals surface area contributed by atoms with Crippen LogP contribution in [-0.2, 0) is 15.6 Å². The fourth-order valence-corrected chi connectivity index (χ4v) is 4.60. The highest BCUT2D eigenvalue weighted by Crippen LogP contribution is 2.26. The van der Waals surface area contributed by atoms with E-state index in [0.29, 0.717) is 0 Å². The van der Waals surface area contributed by atoms with Crippen molar-refractivity contribution in [1.29, 1.82) is 0 Å². The number of nitrogens with zero attached hydrogens (tertiary/aromatic N) is 1. The zero-order valence-corrected chi connectivity index (χ0v) is 12.9. The average Bonchev–Trinajstić information content (AvgIpc) is 2.35. The molecule has 0 unspecified atom stereocenters. The number of rotatable bonds is 3. The fourth-order valence-electron chi connectivity index (χ4n) is 2.47. The van der Waals surface area contributed by atoms with E-state index in [9.17, 15) is 8.42 Å². The largest absolute Gasteiger partial charge is 0.249 e. The van der Waals surface area contributed by atoms with Crippen molar-refractivity contribution >= 4 is 25.8 Å². The van der Waals surface area contributed by atoms with Crippen molar-refractivity contribution in [3.63, 3.8) is 0 Å². The third kappa shape index (κ3) is 3.32. The Kier molecular flexibility index (Phi) is 4.43. The van der Waals surface area contributed by atoms with E-state index >= 15 is 0 Å². The van der Waals surface area contributed by atoms with Gasteiger partial charge in [0, 0.05) is 6.20 Å². The van der Waals surface area contributed by atoms with E-state index in [4.69, 9.17) is 0 Å². The Hall–Kier alpha value is -0.420. The van der Waals surface area contributed by atoms with Gasteiger partial charge in [0.15, 0.2) is 9.84 Å². The maximum atomic E-state index is 12.3. The number of aromatic nitrogens is 1. The molecule has 1 aliphatic rings. The Morgan fingerprint density at radius 2 is 2.00 bits per heavy atom. The fraction of sp³-hybridized carbons (Fsp3) is 0.615. The van der Waals surface area contributed by atoms with Crippen LogP contribution in [0.3, 0.4) is 0 Å². The molecule has 2 rings (SSSR count). The average molecular weight is 332 g/mol. The summed E-state index contributed by atoms with van der Waals surface area (Å²) in [4.78, 5) is 4.16. The minimum absolute atomic E-state index is 0.124. The lowest BCUT2D eigenvalue weighted by Crippen LogP contribution is -2.25. The summed E-state index contributed by atoms with van der Waals surface area (Å²) in [7, 11) is -3.02. The topological polar surface area (TPSA) is 47.0 Å². The lowest BCUT2D eigenvalue weighted by Gasteiger charge is -2.21. The van der Waals surface area contributed by atoms with Crippen LogP contribution in [-0.4, -0.2) is 18.7 Å². The summed E-state index contributed by atoms with van der Waals surface area (Å²) >= 11 is 3.33. The number of sulfone groups is 1. The van der Waals surface area contributed by atoms with Crippen LogP contribution in [0.15, 0.2) is 16.9 Å². The SMILES string of the molecule is Cc1cc(CS(=O)(=O)C2CCCCC2)cnc1Br. The first-order valence-corrected chi connectivity index (χ1v) is 8.82. The first kappa shape index (κ1) is 14.0. The number of hydrogen-bond donors (Lipinski definition) is 0. The van der Waals surface area contributed by atoms with Gasteiger partial charge in [-0.05, 0) is 46.8 Å². The zero-order chi connectivity index (χ0) is 13.2. The predicted octanol–water partition coefficient (Wildman–Crippen LogP) is 3.40. The van der Waals surface area contributed by atoms with Gasteiger partial charge in [-0.15, -0.1) is 0 Å². The van der Waals surface area contributed by atoms with Crippen molar-refractivity contribution in [2.45, 2.75) is 50.0 Å². The van der Waals surface area contributed by atoms with Crippen LogP contribution in [0.1, 0.15) is 43.2 Å². The third-order valence-corrected chi connectivity index (χ3v) is 6.55. The molecule has 3 nitrogen and oxygen atoms in total. The van der Waals surface area contributed by atoms with Gasteiger partial charge in [0.2, 0.25) is 0 Å². The van der Waals surface area contributed by atoms with Gasteiger partial charge in [-0.25, -0.2) is 13.4 Å². The maximum absolute atomic E-state index is 12.3. The molecule has 0 amide bonds. The smallest absolute Gasteiger partial charge is 0.157 e. The van der Waals surface area contributed by atoms with Crippen molar-refractivity contribution < 1.29 is 8.42 Å². The van der Waals surface area contributed by atoms with Gasteiger partial charge in [-0.1, -0.05) is 25.3 Å². The maximum Gasteiger partial charge on any atom is 0.157 e. The monoisotopic (exact) mass is 331 g/mol. The summed E-state index contributed by atoms with van der Waals surface area (Å²) in [6, 6.07) is 1.90. The molecular weight excluding hydrogens is 314 g/mol. The summed E-state index contributed by atoms with van der Waals surface area (Å²) in [6.07, 6.45) is 6.56. The second-order valence-electron chi connectivity index (χ2n) is 5.02. The molecule has 0 N–H and O–H groups in total. The lowest BCUT2D eigenvalue weighted by molar-refractivity contribution is 0.483. The van der Waals surface area contributed by atoms with Crippen LogP contribution in [0, 0.1) is 6.92 Å². The highest BCUT2D eigenvalue weighted by molar-refractivity contribution is 9.10. The van der Waals surface area contributed by atoms with Crippen LogP contribution in [0.5, 0.6) is 0 Å². The second kappa shape index (κ2) is 5.70. The Morgan fingerprint density at radius 1 is 1.33 bits per heavy atom. The molecule has 0 radical (unpaired) electrons. The van der Waals surface area contributed by atoms with Gasteiger partial charge in [0.1, 0.15) is 4.60 Å². The van der Waals surface area contributed by atoms with Gasteiger partial charge < -0.3 is 0 Å². The highest BCUT2D eigenvalue weighted by Gasteiger charge is 2.27. The Bertz CT molecular complexity index is 522. The van der Waals surface area contributed by atoms with Crippen molar-refractivity contribution in [3.05, 3.63) is 28.0 Å². The Balaban J connectivity index is 2.13. The van der Waals surface area contributed by atoms with E-state index in [-0.39, 0.29) is 11.0 Å². The molecule has 0 aromatic carbocycles. The molecule has 0 aliphatic heterocycles. The molecule has 0 bridgehead atoms. The molecule has 1 aromatic heterocycles. The van der Waals surface area contributed by atoms with Crippen molar-refractivity contribution in [2.24, 2.45) is 0 Å². The summed E-state index contributed by atoms with van der Waals surface area (Å²) in [5, 5.41) is -0.143. The van der Waals surface area contributed by atoms with Crippen molar-refractivity contribution in [3.8, 4) is 0 Å². The predicted molar refractivity (Wildman–Crippen MR) is 76.2 cm³/mol. The summed E-state index contributed by atoms with van der Waals surface area (Å²) in [6.45, 7) is 1.92. The Morgan fingerprint density at radius 3 is 2.61 bits per heavy atom. The minimum atomic E-state index is -3.02. The minimum Gasteiger partial charge on any atom is -0.249 e. The summed E-state index contributed by atoms with van der Waals surface area (Å²) in [5.41, 5.74) is 1.77. The molecule has 0 spiro atoms. The van der Waals surface area contributed by atoms with Crippen LogP contribution in [0.2, 0.25) is 0 Å². The molecule has 0 atom stereocenters. The standard InChI is InChI=1S/C13H18BrNO2S/c1-10-7-11(8-15-13(10)14)9-18(16,17)12-5-3-2-4-6-12/h7-8,12H,2-6,9H2,1H3. The lowest BCUT2D eigenvalue weighted by atomic mass is 10.0. The van der Waals surface area contributed by atoms with E-state index in [1.807, 2.05) is 13.0 Å². The van der Waals surface area contributed by atoms with E-state index in [0.717, 1.165) is 41.4 Å². The van der Waals surface area contributed by atoms with Gasteiger partial charge in [0.05, 0.1) is 11.0 Å². The highest BCUT2D eigenvalue weighted by atomic mass is 79.9. The molecule has 5 heteroatoms. The van der Waals surface area contributed by atoms with Gasteiger partial charge in [-0.3, -0.25) is 0 Å². The van der Waals surface area contributed by atoms with E-state index in [1.54, 1.807) is 6.20 Å². The van der Waals surface area contributed by atoms with E-state index in [1.165, 1.54) is 6.42 Å². The van der Waals surface area contributed by atoms with E-state index < -0.39 is 9.84 Å². The van der Waals surface area contributed by atoms with Gasteiger partial charge in [0.25, 0.3) is 0 Å². The van der Waals surface area contributed by atoms with Gasteiger partial charge in [-0.2, -0.15) is 0 Å². The molecule has 1 aromatic rings. The van der Waals surface area contributed by atoms with Gasteiger partial charge >= 0.3 is 0 Å². The van der Waals surface area contributed by atoms with Crippen LogP contribution >= 0.6 is 15.9 Å². The second-order valence-corrected chi connectivity index (χ2v) is 8.05. The molecule has 18 heavy (non-hydrogen) atoms. The van der Waals surface area contributed by atoms with Crippen LogP contribution in [0.25, 0.3) is 0 Å². The van der Waals surface area contributed by atoms with E-state index in [2.05, 4.69) is 20.9 Å². The molecule has 1 aliphatic carbocycles. The quantitative estimate of drug-likeness (QED) is 0.797. The molecule has 1 heterocycles. The third-order valence-electron chi connectivity index (χ3n) is 3.50. The Labute approximate surface area is 117 Å². The normalized spacial score (nSPS) is 17.9. The van der Waals surface area contributed by atoms with Crippen molar-refractivity contribution in [1.82, 2.24) is 4.98 Å². The van der Waals surface area contributed by atoms with Crippen LogP contribution in [0.4, 0.5) is 0 Å².